The highest BCUT2D eigenvalue weighted by atomic mass is 16.5. The lowest BCUT2D eigenvalue weighted by atomic mass is 10.0. The second-order valence-corrected chi connectivity index (χ2v) is 7.16. The van der Waals surface area contributed by atoms with Crippen LogP contribution in [0.5, 0.6) is 5.75 Å². The van der Waals surface area contributed by atoms with Crippen LogP contribution in [0, 0.1) is 0 Å². The normalized spacial score (nSPS) is 18.3. The van der Waals surface area contributed by atoms with E-state index in [1.165, 1.54) is 11.0 Å². The topological polar surface area (TPSA) is 99.2 Å². The smallest absolute Gasteiger partial charge is 0.332 e. The monoisotopic (exact) mass is 407 g/mol. The first kappa shape index (κ1) is 19.7. The number of nitrogens with zero attached hydrogens (tertiary/aromatic N) is 2. The number of hydrogen-bond donors (Lipinski definition) is 2. The lowest BCUT2D eigenvalue weighted by Crippen LogP contribution is -2.34. The maximum absolute atomic E-state index is 13.1. The number of hydrogen-bond acceptors (Lipinski definition) is 5. The van der Waals surface area contributed by atoms with Gasteiger partial charge in [-0.05, 0) is 59.9 Å². The van der Waals surface area contributed by atoms with E-state index in [1.54, 1.807) is 47.8 Å². The Bertz CT molecular complexity index is 1030. The molecule has 2 aromatic carbocycles. The van der Waals surface area contributed by atoms with E-state index in [2.05, 4.69) is 0 Å². The highest BCUT2D eigenvalue weighted by Crippen LogP contribution is 2.39. The van der Waals surface area contributed by atoms with E-state index in [1.807, 2.05) is 18.2 Å². The summed E-state index contributed by atoms with van der Waals surface area (Å²) in [6.45, 7) is 0.0350. The number of amides is 4. The van der Waals surface area contributed by atoms with Crippen molar-refractivity contribution in [3.05, 3.63) is 65.2 Å². The highest BCUT2D eigenvalue weighted by Gasteiger charge is 2.42. The molecule has 0 bridgehead atoms. The van der Waals surface area contributed by atoms with Gasteiger partial charge in [0, 0.05) is 6.08 Å². The number of rotatable bonds is 5. The van der Waals surface area contributed by atoms with Gasteiger partial charge < -0.3 is 9.64 Å². The van der Waals surface area contributed by atoms with Gasteiger partial charge in [-0.1, -0.05) is 18.2 Å². The number of anilines is 1. The van der Waals surface area contributed by atoms with E-state index in [4.69, 9.17) is 9.94 Å². The summed E-state index contributed by atoms with van der Waals surface area (Å²) >= 11 is 0. The molecular weight excluding hydrogens is 386 g/mol. The fraction of sp³-hybridized carbons (Fsp3) is 0.227. The van der Waals surface area contributed by atoms with Gasteiger partial charge >= 0.3 is 6.03 Å². The molecule has 1 unspecified atom stereocenters. The predicted molar refractivity (Wildman–Crippen MR) is 109 cm³/mol. The zero-order valence-electron chi connectivity index (χ0n) is 16.4. The molecular formula is C22H21N3O5. The molecule has 2 N–H and O–H groups in total. The second-order valence-electron chi connectivity index (χ2n) is 7.16. The molecule has 0 radical (unpaired) electrons. The fourth-order valence-electron chi connectivity index (χ4n) is 4.00. The number of imide groups is 1. The van der Waals surface area contributed by atoms with E-state index in [0.29, 0.717) is 11.4 Å². The van der Waals surface area contributed by atoms with Gasteiger partial charge in [-0.15, -0.1) is 0 Å². The number of aryl methyl sites for hydroxylation is 1. The van der Waals surface area contributed by atoms with Crippen LogP contribution in [-0.2, 0) is 16.0 Å². The molecule has 2 aliphatic rings. The number of carbonyl (C=O) groups is 3. The van der Waals surface area contributed by atoms with Gasteiger partial charge in [0.1, 0.15) is 12.3 Å². The summed E-state index contributed by atoms with van der Waals surface area (Å²) in [4.78, 5) is 39.7. The molecule has 1 heterocycles. The first-order valence-corrected chi connectivity index (χ1v) is 9.54. The third kappa shape index (κ3) is 3.53. The minimum atomic E-state index is -0.604. The zero-order chi connectivity index (χ0) is 21.3. The number of hydroxylamine groups is 1. The lowest BCUT2D eigenvalue weighted by Gasteiger charge is -2.24. The summed E-state index contributed by atoms with van der Waals surface area (Å²) in [5.74, 6) is -0.206. The van der Waals surface area contributed by atoms with Gasteiger partial charge in [-0.3, -0.25) is 14.8 Å². The molecule has 4 rings (SSSR count). The summed E-state index contributed by atoms with van der Waals surface area (Å²) < 4.78 is 5.14. The van der Waals surface area contributed by atoms with Crippen molar-refractivity contribution in [1.29, 1.82) is 0 Å². The largest absolute Gasteiger partial charge is 0.497 e. The van der Waals surface area contributed by atoms with Crippen LogP contribution >= 0.6 is 0 Å². The SMILES string of the molecule is COc1ccc(N2C(=O)CN(C3CCc4cc(/C=C/C(=O)NO)ccc43)C2=O)cc1. The fourth-order valence-corrected chi connectivity index (χ4v) is 4.00. The van der Waals surface area contributed by atoms with E-state index in [0.717, 1.165) is 29.5 Å². The van der Waals surface area contributed by atoms with E-state index in [9.17, 15) is 14.4 Å². The van der Waals surface area contributed by atoms with Crippen LogP contribution in [0.25, 0.3) is 6.08 Å². The van der Waals surface area contributed by atoms with Crippen LogP contribution in [0.15, 0.2) is 48.5 Å². The van der Waals surface area contributed by atoms with Crippen LogP contribution < -0.4 is 15.1 Å². The van der Waals surface area contributed by atoms with Gasteiger partial charge in [-0.25, -0.2) is 15.2 Å². The van der Waals surface area contributed by atoms with Crippen molar-refractivity contribution in [2.45, 2.75) is 18.9 Å². The molecule has 0 aromatic heterocycles. The second kappa shape index (κ2) is 8.00. The van der Waals surface area contributed by atoms with E-state index in [-0.39, 0.29) is 24.5 Å². The quantitative estimate of drug-likeness (QED) is 0.344. The summed E-state index contributed by atoms with van der Waals surface area (Å²) in [5, 5.41) is 8.57. The summed E-state index contributed by atoms with van der Waals surface area (Å²) in [6.07, 6.45) is 4.35. The Kier molecular flexibility index (Phi) is 5.24. The average Bonchev–Trinajstić information content (AvgIpc) is 3.31. The molecule has 8 nitrogen and oxygen atoms in total. The molecule has 1 fully saturated rings. The molecule has 154 valence electrons. The molecule has 1 aliphatic carbocycles. The standard InChI is InChI=1S/C22H21N3O5/c1-30-17-7-5-16(6-8-17)25-21(27)13-24(22(25)28)19-10-4-15-12-14(2-9-18(15)19)3-11-20(26)23-29/h2-3,5-9,11-12,19,29H,4,10,13H2,1H3,(H,23,26)/b11-3+. The van der Waals surface area contributed by atoms with E-state index >= 15 is 0 Å². The first-order valence-electron chi connectivity index (χ1n) is 9.54. The minimum Gasteiger partial charge on any atom is -0.497 e. The minimum absolute atomic E-state index is 0.0350. The van der Waals surface area contributed by atoms with Gasteiger partial charge in [0.05, 0.1) is 18.8 Å². The number of carbonyl (C=O) groups excluding carboxylic acids is 3. The maximum atomic E-state index is 13.1. The lowest BCUT2D eigenvalue weighted by molar-refractivity contribution is -0.124. The molecule has 2 aromatic rings. The molecule has 1 atom stereocenters. The molecule has 30 heavy (non-hydrogen) atoms. The van der Waals surface area contributed by atoms with Crippen LogP contribution in [0.2, 0.25) is 0 Å². The first-order chi connectivity index (χ1) is 14.5. The Balaban J connectivity index is 1.55. The Morgan fingerprint density at radius 1 is 1.20 bits per heavy atom. The van der Waals surface area contributed by atoms with Gasteiger partial charge in [-0.2, -0.15) is 0 Å². The van der Waals surface area contributed by atoms with Crippen LogP contribution in [0.1, 0.15) is 29.2 Å². The molecule has 8 heteroatoms. The zero-order valence-corrected chi connectivity index (χ0v) is 16.4. The van der Waals surface area contributed by atoms with Crippen molar-refractivity contribution in [3.8, 4) is 5.75 Å². The maximum Gasteiger partial charge on any atom is 0.332 e. The number of benzene rings is 2. The van der Waals surface area contributed by atoms with Crippen molar-refractivity contribution >= 4 is 29.6 Å². The number of methoxy groups -OCH3 is 1. The molecule has 1 saturated heterocycles. The summed E-state index contributed by atoms with van der Waals surface area (Å²) in [6, 6.07) is 12.1. The average molecular weight is 407 g/mol. The third-order valence-electron chi connectivity index (χ3n) is 5.45. The van der Waals surface area contributed by atoms with Crippen molar-refractivity contribution in [1.82, 2.24) is 10.4 Å². The van der Waals surface area contributed by atoms with Gasteiger partial charge in [0.15, 0.2) is 0 Å². The van der Waals surface area contributed by atoms with Crippen molar-refractivity contribution in [2.75, 3.05) is 18.6 Å². The Morgan fingerprint density at radius 3 is 2.67 bits per heavy atom. The van der Waals surface area contributed by atoms with Crippen LogP contribution in [0.4, 0.5) is 10.5 Å². The highest BCUT2D eigenvalue weighted by molar-refractivity contribution is 6.20. The van der Waals surface area contributed by atoms with Gasteiger partial charge in [0.2, 0.25) is 0 Å². The summed E-state index contributed by atoms with van der Waals surface area (Å²) in [7, 11) is 1.56. The number of ether oxygens (including phenoxy) is 1. The molecule has 1 aliphatic heterocycles. The van der Waals surface area contributed by atoms with Crippen molar-refractivity contribution in [2.24, 2.45) is 0 Å². The van der Waals surface area contributed by atoms with Gasteiger partial charge in [0.25, 0.3) is 11.8 Å². The molecule has 4 amide bonds. The van der Waals surface area contributed by atoms with Crippen LogP contribution in [0.3, 0.4) is 0 Å². The number of urea groups is 1. The van der Waals surface area contributed by atoms with Crippen molar-refractivity contribution < 1.29 is 24.3 Å². The summed E-state index contributed by atoms with van der Waals surface area (Å²) in [5.41, 5.74) is 4.98. The molecule has 0 saturated carbocycles. The molecule has 0 spiro atoms. The Hall–Kier alpha value is -3.65. The Labute approximate surface area is 173 Å². The van der Waals surface area contributed by atoms with E-state index < -0.39 is 5.91 Å². The predicted octanol–water partition coefficient (Wildman–Crippen LogP) is 2.67. The van der Waals surface area contributed by atoms with Crippen LogP contribution in [-0.4, -0.2) is 41.6 Å². The Morgan fingerprint density at radius 2 is 1.97 bits per heavy atom. The number of nitrogens with one attached hydrogen (secondary N) is 1. The third-order valence-corrected chi connectivity index (χ3v) is 5.45. The van der Waals surface area contributed by atoms with Crippen molar-refractivity contribution in [3.63, 3.8) is 0 Å². The number of fused-ring (bicyclic) bond motifs is 1.